The Balaban J connectivity index is 2.00. The Labute approximate surface area is 180 Å². The van der Waals surface area contributed by atoms with Crippen LogP contribution in [0.2, 0.25) is 0 Å². The first-order valence-electron chi connectivity index (χ1n) is 11.1. The van der Waals surface area contributed by atoms with Crippen molar-refractivity contribution in [3.8, 4) is 17.6 Å². The summed E-state index contributed by atoms with van der Waals surface area (Å²) in [6.07, 6.45) is 14.6. The van der Waals surface area contributed by atoms with Crippen LogP contribution in [0.15, 0.2) is 30.0 Å². The minimum absolute atomic E-state index is 0.0472. The van der Waals surface area contributed by atoms with Gasteiger partial charge in [0.15, 0.2) is 0 Å². The van der Waals surface area contributed by atoms with E-state index < -0.39 is 0 Å². The maximum absolute atomic E-state index is 12.7. The number of hydrogen-bond acceptors (Lipinski definition) is 5. The first-order valence-corrected chi connectivity index (χ1v) is 11.1. The molecule has 1 saturated carbocycles. The zero-order valence-corrected chi connectivity index (χ0v) is 18.3. The number of nitriles is 1. The molecular weight excluding hydrogens is 378 g/mol. The van der Waals surface area contributed by atoms with Gasteiger partial charge < -0.3 is 20.1 Å². The van der Waals surface area contributed by atoms with Gasteiger partial charge in [0.1, 0.15) is 23.1 Å². The van der Waals surface area contributed by atoms with E-state index in [1.165, 1.54) is 51.1 Å². The van der Waals surface area contributed by atoms with Crippen LogP contribution < -0.4 is 20.1 Å². The van der Waals surface area contributed by atoms with Gasteiger partial charge in [-0.15, -0.1) is 0 Å². The van der Waals surface area contributed by atoms with Crippen LogP contribution >= 0.6 is 0 Å². The van der Waals surface area contributed by atoms with Crippen molar-refractivity contribution >= 4 is 11.6 Å². The fourth-order valence-electron chi connectivity index (χ4n) is 3.80. The summed E-state index contributed by atoms with van der Waals surface area (Å²) in [7, 11) is 3.15. The Morgan fingerprint density at radius 3 is 2.13 bits per heavy atom. The average Bonchev–Trinajstić information content (AvgIpc) is 2.75. The fourth-order valence-corrected chi connectivity index (χ4v) is 3.80. The third-order valence-electron chi connectivity index (χ3n) is 5.58. The highest BCUT2D eigenvalue weighted by atomic mass is 16.5. The lowest BCUT2D eigenvalue weighted by Crippen LogP contribution is -2.35. The molecule has 2 N–H and O–H groups in total. The molecule has 1 aliphatic rings. The van der Waals surface area contributed by atoms with E-state index >= 15 is 0 Å². The Hall–Kier alpha value is -2.68. The maximum Gasteiger partial charge on any atom is 0.263 e. The SMILES string of the molecule is COc1ccc(OC)c(N/C=C(/C#N)C(=O)NC2CCCCCCCCCCC2)c1. The lowest BCUT2D eigenvalue weighted by Gasteiger charge is -2.19. The minimum Gasteiger partial charge on any atom is -0.497 e. The van der Waals surface area contributed by atoms with E-state index in [1.807, 2.05) is 6.07 Å². The lowest BCUT2D eigenvalue weighted by molar-refractivity contribution is -0.117. The molecule has 30 heavy (non-hydrogen) atoms. The van der Waals surface area contributed by atoms with Gasteiger partial charge in [-0.25, -0.2) is 0 Å². The second-order valence-corrected chi connectivity index (χ2v) is 7.81. The van der Waals surface area contributed by atoms with E-state index in [1.54, 1.807) is 32.4 Å². The third-order valence-corrected chi connectivity index (χ3v) is 5.58. The summed E-state index contributed by atoms with van der Waals surface area (Å²) >= 11 is 0. The molecule has 0 aliphatic heterocycles. The number of hydrogen-bond donors (Lipinski definition) is 2. The number of anilines is 1. The van der Waals surface area contributed by atoms with E-state index in [-0.39, 0.29) is 17.5 Å². The molecule has 1 aliphatic carbocycles. The predicted molar refractivity (Wildman–Crippen MR) is 120 cm³/mol. The largest absolute Gasteiger partial charge is 0.497 e. The van der Waals surface area contributed by atoms with Crippen LogP contribution in [-0.4, -0.2) is 26.2 Å². The summed E-state index contributed by atoms with van der Waals surface area (Å²) in [5.41, 5.74) is 0.675. The van der Waals surface area contributed by atoms with Gasteiger partial charge in [0.25, 0.3) is 5.91 Å². The second kappa shape index (κ2) is 13.5. The third kappa shape index (κ3) is 7.98. The van der Waals surface area contributed by atoms with Gasteiger partial charge in [0.05, 0.1) is 19.9 Å². The van der Waals surface area contributed by atoms with Crippen LogP contribution in [0.3, 0.4) is 0 Å². The van der Waals surface area contributed by atoms with Crippen molar-refractivity contribution in [2.75, 3.05) is 19.5 Å². The topological polar surface area (TPSA) is 83.4 Å². The van der Waals surface area contributed by atoms with Crippen LogP contribution in [0, 0.1) is 11.3 Å². The van der Waals surface area contributed by atoms with Gasteiger partial charge >= 0.3 is 0 Å². The number of rotatable bonds is 6. The molecule has 0 radical (unpaired) electrons. The van der Waals surface area contributed by atoms with Crippen LogP contribution in [0.1, 0.15) is 70.6 Å². The zero-order valence-electron chi connectivity index (χ0n) is 18.3. The molecule has 0 saturated heterocycles. The van der Waals surface area contributed by atoms with Crippen molar-refractivity contribution < 1.29 is 14.3 Å². The van der Waals surface area contributed by atoms with Crippen LogP contribution in [0.4, 0.5) is 5.69 Å². The van der Waals surface area contributed by atoms with Gasteiger partial charge in [-0.3, -0.25) is 4.79 Å². The van der Waals surface area contributed by atoms with E-state index in [0.29, 0.717) is 17.2 Å². The molecule has 0 atom stereocenters. The van der Waals surface area contributed by atoms with Crippen LogP contribution in [-0.2, 0) is 4.79 Å². The Morgan fingerprint density at radius 2 is 1.60 bits per heavy atom. The minimum atomic E-state index is -0.330. The fraction of sp³-hybridized carbons (Fsp3) is 0.583. The summed E-state index contributed by atoms with van der Waals surface area (Å²) in [4.78, 5) is 12.7. The predicted octanol–water partition coefficient (Wildman–Crippen LogP) is 5.31. The Bertz CT molecular complexity index is 728. The quantitative estimate of drug-likeness (QED) is 0.487. The van der Waals surface area contributed by atoms with Crippen molar-refractivity contribution in [2.45, 2.75) is 76.7 Å². The highest BCUT2D eigenvalue weighted by molar-refractivity contribution is 5.97. The molecule has 0 unspecified atom stereocenters. The summed E-state index contributed by atoms with van der Waals surface area (Å²) in [5, 5.41) is 15.6. The van der Waals surface area contributed by atoms with Crippen molar-refractivity contribution in [1.29, 1.82) is 5.26 Å². The molecule has 1 fully saturated rings. The van der Waals surface area contributed by atoms with Crippen molar-refractivity contribution in [3.05, 3.63) is 30.0 Å². The van der Waals surface area contributed by atoms with Gasteiger partial charge in [0, 0.05) is 18.3 Å². The first-order chi connectivity index (χ1) is 14.7. The summed E-state index contributed by atoms with van der Waals surface area (Å²) in [5.74, 6) is 0.927. The van der Waals surface area contributed by atoms with Gasteiger partial charge in [-0.05, 0) is 25.0 Å². The highest BCUT2D eigenvalue weighted by Gasteiger charge is 2.16. The number of carbonyl (C=O) groups excluding carboxylic acids is 1. The highest BCUT2D eigenvalue weighted by Crippen LogP contribution is 2.29. The number of ether oxygens (including phenoxy) is 2. The van der Waals surface area contributed by atoms with Gasteiger partial charge in [-0.2, -0.15) is 5.26 Å². The number of amides is 1. The molecule has 1 aromatic rings. The molecule has 1 amide bonds. The number of carbonyl (C=O) groups is 1. The van der Waals surface area contributed by atoms with Crippen LogP contribution in [0.5, 0.6) is 11.5 Å². The zero-order chi connectivity index (χ0) is 21.6. The molecule has 0 heterocycles. The van der Waals surface area contributed by atoms with Crippen molar-refractivity contribution in [1.82, 2.24) is 5.32 Å². The maximum atomic E-state index is 12.7. The second-order valence-electron chi connectivity index (χ2n) is 7.81. The van der Waals surface area contributed by atoms with E-state index in [9.17, 15) is 10.1 Å². The molecular formula is C24H35N3O3. The van der Waals surface area contributed by atoms with E-state index in [0.717, 1.165) is 25.7 Å². The standard InChI is InChI=1S/C24H35N3O3/c1-29-21-14-15-23(30-2)22(16-21)26-18-19(17-25)24(28)27-20-12-10-8-6-4-3-5-7-9-11-13-20/h14-16,18,20,26H,3-13H2,1-2H3,(H,27,28)/b19-18-. The van der Waals surface area contributed by atoms with Crippen LogP contribution in [0.25, 0.3) is 0 Å². The molecule has 0 bridgehead atoms. The summed E-state index contributed by atoms with van der Waals surface area (Å²) in [6.45, 7) is 0. The number of nitrogens with one attached hydrogen (secondary N) is 2. The number of nitrogens with zero attached hydrogens (tertiary/aromatic N) is 1. The lowest BCUT2D eigenvalue weighted by atomic mass is 9.98. The monoisotopic (exact) mass is 413 g/mol. The molecule has 0 spiro atoms. The van der Waals surface area contributed by atoms with Crippen molar-refractivity contribution in [2.24, 2.45) is 0 Å². The smallest absolute Gasteiger partial charge is 0.263 e. The number of methoxy groups -OCH3 is 2. The molecule has 1 aromatic carbocycles. The van der Waals surface area contributed by atoms with Crippen molar-refractivity contribution in [3.63, 3.8) is 0 Å². The van der Waals surface area contributed by atoms with E-state index in [2.05, 4.69) is 10.6 Å². The molecule has 164 valence electrons. The molecule has 2 rings (SSSR count). The molecule has 6 nitrogen and oxygen atoms in total. The summed E-state index contributed by atoms with van der Waals surface area (Å²) in [6, 6.07) is 7.45. The number of benzene rings is 1. The average molecular weight is 414 g/mol. The van der Waals surface area contributed by atoms with Gasteiger partial charge in [-0.1, -0.05) is 57.8 Å². The first kappa shape index (κ1) is 23.6. The Kier molecular flexibility index (Phi) is 10.6. The molecule has 6 heteroatoms. The normalized spacial score (nSPS) is 17.0. The van der Waals surface area contributed by atoms with Gasteiger partial charge in [0.2, 0.25) is 0 Å². The molecule has 0 aromatic heterocycles. The summed E-state index contributed by atoms with van der Waals surface area (Å²) < 4.78 is 10.6. The van der Waals surface area contributed by atoms with E-state index in [4.69, 9.17) is 9.47 Å². The Morgan fingerprint density at radius 1 is 1.00 bits per heavy atom.